The van der Waals surface area contributed by atoms with Crippen LogP contribution in [0.15, 0.2) is 60.2 Å². The summed E-state index contributed by atoms with van der Waals surface area (Å²) in [5, 5.41) is 13.2. The fourth-order valence-electron chi connectivity index (χ4n) is 4.03. The number of nitrogens with zero attached hydrogens (tertiary/aromatic N) is 1. The van der Waals surface area contributed by atoms with Crippen LogP contribution in [-0.4, -0.2) is 56.0 Å². The van der Waals surface area contributed by atoms with E-state index in [0.29, 0.717) is 31.9 Å². The molecule has 2 fully saturated rings. The number of quaternary nitrogens is 1. The summed E-state index contributed by atoms with van der Waals surface area (Å²) < 4.78 is 18.7. The van der Waals surface area contributed by atoms with Crippen LogP contribution in [-0.2, 0) is 14.3 Å². The average molecular weight is 410 g/mol. The monoisotopic (exact) mass is 410 g/mol. The van der Waals surface area contributed by atoms with E-state index >= 15 is 0 Å². The number of carbonyl (C=O) groups excluding carboxylic acids is 2. The van der Waals surface area contributed by atoms with Gasteiger partial charge < -0.3 is 19.6 Å². The highest BCUT2D eigenvalue weighted by molar-refractivity contribution is 6.46. The van der Waals surface area contributed by atoms with Gasteiger partial charge in [-0.3, -0.25) is 9.59 Å². The van der Waals surface area contributed by atoms with Crippen LogP contribution in [0.2, 0.25) is 0 Å². The molecule has 0 spiro atoms. The maximum atomic E-state index is 13.3. The number of morpholine rings is 1. The fourth-order valence-corrected chi connectivity index (χ4v) is 4.03. The highest BCUT2D eigenvalue weighted by Gasteiger charge is 2.44. The van der Waals surface area contributed by atoms with Gasteiger partial charge in [0.2, 0.25) is 5.78 Å². The SMILES string of the molecule is O=C1C(=O)N(CC[NH+]2CCOCC2)C(c2ccccc2)/C1=C(\[O-])c1ccc(F)cc1. The minimum Gasteiger partial charge on any atom is -0.872 e. The third kappa shape index (κ3) is 3.99. The standard InChI is InChI=1S/C23H23FN2O4/c24-18-8-6-17(7-9-18)21(27)19-20(16-4-2-1-3-5-16)26(23(29)22(19)28)11-10-25-12-14-30-15-13-25/h1-9,20,27H,10-15H2/b21-19+. The number of hydrogen-bond acceptors (Lipinski definition) is 4. The third-order valence-electron chi connectivity index (χ3n) is 5.66. The van der Waals surface area contributed by atoms with Gasteiger partial charge >= 0.3 is 0 Å². The summed E-state index contributed by atoms with van der Waals surface area (Å²) in [6.45, 7) is 4.06. The number of benzene rings is 2. The minimum absolute atomic E-state index is 0.0743. The molecule has 4 rings (SSSR count). The van der Waals surface area contributed by atoms with Gasteiger partial charge in [0, 0.05) is 5.57 Å². The van der Waals surface area contributed by atoms with Crippen LogP contribution in [0.5, 0.6) is 0 Å². The molecule has 0 saturated carbocycles. The number of hydrogen-bond donors (Lipinski definition) is 1. The van der Waals surface area contributed by atoms with E-state index in [1.165, 1.54) is 34.1 Å². The van der Waals surface area contributed by atoms with Crippen LogP contribution in [0.25, 0.3) is 5.76 Å². The zero-order valence-corrected chi connectivity index (χ0v) is 16.5. The molecule has 30 heavy (non-hydrogen) atoms. The Morgan fingerprint density at radius 3 is 2.40 bits per heavy atom. The quantitative estimate of drug-likeness (QED) is 0.427. The Morgan fingerprint density at radius 1 is 1.07 bits per heavy atom. The first-order valence-corrected chi connectivity index (χ1v) is 10.0. The summed E-state index contributed by atoms with van der Waals surface area (Å²) in [4.78, 5) is 28.5. The molecule has 1 atom stereocenters. The van der Waals surface area contributed by atoms with Crippen molar-refractivity contribution in [2.45, 2.75) is 6.04 Å². The number of nitrogens with one attached hydrogen (secondary N) is 1. The molecule has 2 saturated heterocycles. The van der Waals surface area contributed by atoms with E-state index < -0.39 is 29.3 Å². The van der Waals surface area contributed by atoms with E-state index in [1.807, 2.05) is 30.3 Å². The smallest absolute Gasteiger partial charge is 0.295 e. The molecular formula is C23H23FN2O4. The summed E-state index contributed by atoms with van der Waals surface area (Å²) in [5.74, 6) is -2.46. The predicted octanol–water partition coefficient (Wildman–Crippen LogP) is -0.0352. The lowest BCUT2D eigenvalue weighted by molar-refractivity contribution is -0.907. The van der Waals surface area contributed by atoms with E-state index in [9.17, 15) is 19.1 Å². The second-order valence-corrected chi connectivity index (χ2v) is 7.50. The number of likely N-dealkylation sites (tertiary alicyclic amines) is 1. The van der Waals surface area contributed by atoms with Crippen molar-refractivity contribution in [3.05, 3.63) is 77.1 Å². The van der Waals surface area contributed by atoms with Crippen molar-refractivity contribution in [3.8, 4) is 0 Å². The van der Waals surface area contributed by atoms with Crippen molar-refractivity contribution in [2.24, 2.45) is 0 Å². The van der Waals surface area contributed by atoms with Crippen LogP contribution in [0.3, 0.4) is 0 Å². The lowest BCUT2D eigenvalue weighted by Crippen LogP contribution is -3.14. The lowest BCUT2D eigenvalue weighted by atomic mass is 9.95. The van der Waals surface area contributed by atoms with Gasteiger partial charge in [0.05, 0.1) is 32.3 Å². The first-order valence-electron chi connectivity index (χ1n) is 10.0. The first-order chi connectivity index (χ1) is 14.6. The first kappa shape index (κ1) is 20.3. The molecule has 0 aliphatic carbocycles. The van der Waals surface area contributed by atoms with Crippen LogP contribution in [0.4, 0.5) is 4.39 Å². The van der Waals surface area contributed by atoms with E-state index in [1.54, 1.807) is 0 Å². The molecule has 2 aromatic rings. The van der Waals surface area contributed by atoms with Gasteiger partial charge in [-0.25, -0.2) is 4.39 Å². The molecule has 2 aliphatic heterocycles. The molecule has 1 N–H and O–H groups in total. The molecular weight excluding hydrogens is 387 g/mol. The topological polar surface area (TPSA) is 74.1 Å². The maximum absolute atomic E-state index is 13.3. The molecule has 2 aliphatic rings. The Labute approximate surface area is 174 Å². The molecule has 6 nitrogen and oxygen atoms in total. The predicted molar refractivity (Wildman–Crippen MR) is 106 cm³/mol. The highest BCUT2D eigenvalue weighted by Crippen LogP contribution is 2.38. The number of Topliss-reactive ketones (excluding diaryl/α,β-unsaturated/α-hetero) is 1. The summed E-state index contributed by atoms with van der Waals surface area (Å²) in [6, 6.07) is 13.4. The van der Waals surface area contributed by atoms with Gasteiger partial charge in [-0.05, 0) is 23.3 Å². The van der Waals surface area contributed by atoms with Gasteiger partial charge in [0.25, 0.3) is 5.91 Å². The summed E-state index contributed by atoms with van der Waals surface area (Å²) in [6.07, 6.45) is 0. The minimum atomic E-state index is -0.782. The molecule has 7 heteroatoms. The van der Waals surface area contributed by atoms with Crippen LogP contribution in [0.1, 0.15) is 17.2 Å². The summed E-state index contributed by atoms with van der Waals surface area (Å²) >= 11 is 0. The zero-order chi connectivity index (χ0) is 21.1. The number of carbonyl (C=O) groups is 2. The second kappa shape index (κ2) is 8.77. The highest BCUT2D eigenvalue weighted by atomic mass is 19.1. The Morgan fingerprint density at radius 2 is 1.73 bits per heavy atom. The van der Waals surface area contributed by atoms with Gasteiger partial charge in [-0.1, -0.05) is 48.2 Å². The Balaban J connectivity index is 1.71. The molecule has 1 unspecified atom stereocenters. The van der Waals surface area contributed by atoms with Gasteiger partial charge in [0.15, 0.2) is 0 Å². The van der Waals surface area contributed by atoms with E-state index in [-0.39, 0.29) is 11.1 Å². The van der Waals surface area contributed by atoms with Crippen molar-refractivity contribution in [2.75, 3.05) is 39.4 Å². The van der Waals surface area contributed by atoms with Crippen molar-refractivity contribution < 1.29 is 28.7 Å². The molecule has 0 radical (unpaired) electrons. The number of ketones is 1. The summed E-state index contributed by atoms with van der Waals surface area (Å²) in [5.41, 5.74) is 0.822. The molecule has 0 bridgehead atoms. The largest absolute Gasteiger partial charge is 0.872 e. The maximum Gasteiger partial charge on any atom is 0.295 e. The van der Waals surface area contributed by atoms with Crippen LogP contribution >= 0.6 is 0 Å². The molecule has 156 valence electrons. The van der Waals surface area contributed by atoms with Crippen molar-refractivity contribution in [3.63, 3.8) is 0 Å². The third-order valence-corrected chi connectivity index (χ3v) is 5.66. The van der Waals surface area contributed by atoms with Gasteiger partial charge in [-0.15, -0.1) is 0 Å². The van der Waals surface area contributed by atoms with Crippen molar-refractivity contribution >= 4 is 17.4 Å². The Hall–Kier alpha value is -3.03. The van der Waals surface area contributed by atoms with Gasteiger partial charge in [-0.2, -0.15) is 0 Å². The van der Waals surface area contributed by atoms with Crippen molar-refractivity contribution in [1.29, 1.82) is 0 Å². The number of ether oxygens (including phenoxy) is 1. The number of amides is 1. The van der Waals surface area contributed by atoms with Crippen LogP contribution < -0.4 is 10.0 Å². The zero-order valence-electron chi connectivity index (χ0n) is 16.5. The van der Waals surface area contributed by atoms with E-state index in [2.05, 4.69) is 0 Å². The van der Waals surface area contributed by atoms with E-state index in [0.717, 1.165) is 13.1 Å². The number of rotatable bonds is 5. The summed E-state index contributed by atoms with van der Waals surface area (Å²) in [7, 11) is 0. The molecule has 1 amide bonds. The molecule has 0 aromatic heterocycles. The fraction of sp³-hybridized carbons (Fsp3) is 0.304. The molecule has 2 heterocycles. The van der Waals surface area contributed by atoms with Gasteiger partial charge in [0.1, 0.15) is 18.9 Å². The van der Waals surface area contributed by atoms with E-state index in [4.69, 9.17) is 4.74 Å². The Bertz CT molecular complexity index is 953. The number of halogens is 1. The average Bonchev–Trinajstić information content (AvgIpc) is 3.04. The van der Waals surface area contributed by atoms with Crippen molar-refractivity contribution in [1.82, 2.24) is 4.90 Å². The molecule has 2 aromatic carbocycles. The second-order valence-electron chi connectivity index (χ2n) is 7.50. The normalized spacial score (nSPS) is 21.9. The van der Waals surface area contributed by atoms with Crippen LogP contribution in [0, 0.1) is 5.82 Å². The Kier molecular flexibility index (Phi) is 5.92. The lowest BCUT2D eigenvalue weighted by Gasteiger charge is -2.30.